The number of hydrogen-bond donors (Lipinski definition) is 1. The quantitative estimate of drug-likeness (QED) is 0.483. The van der Waals surface area contributed by atoms with E-state index >= 15 is 0 Å². The molecule has 0 aliphatic rings. The largest absolute Gasteiger partial charge is 0.352 e. The highest BCUT2D eigenvalue weighted by atomic mass is 32.2. The van der Waals surface area contributed by atoms with Gasteiger partial charge in [-0.1, -0.05) is 67.4 Å². The predicted octanol–water partition coefficient (Wildman–Crippen LogP) is 5.57. The van der Waals surface area contributed by atoms with Crippen LogP contribution in [0.15, 0.2) is 42.5 Å². The van der Waals surface area contributed by atoms with E-state index in [9.17, 15) is 9.59 Å². The second-order valence-corrected chi connectivity index (χ2v) is 9.66. The van der Waals surface area contributed by atoms with E-state index in [0.29, 0.717) is 18.7 Å². The summed E-state index contributed by atoms with van der Waals surface area (Å²) < 4.78 is 0. The van der Waals surface area contributed by atoms with Crippen LogP contribution in [-0.4, -0.2) is 34.6 Å². The summed E-state index contributed by atoms with van der Waals surface area (Å²) in [5, 5.41) is 3.07. The summed E-state index contributed by atoms with van der Waals surface area (Å²) in [6.45, 7) is 12.7. The molecule has 2 atom stereocenters. The molecule has 2 aromatic rings. The zero-order chi connectivity index (χ0) is 23.7. The molecule has 2 amide bonds. The highest BCUT2D eigenvalue weighted by molar-refractivity contribution is 7.99. The minimum atomic E-state index is -0.474. The van der Waals surface area contributed by atoms with Crippen LogP contribution in [0, 0.1) is 20.8 Å². The van der Waals surface area contributed by atoms with Crippen LogP contribution in [0.1, 0.15) is 61.4 Å². The van der Waals surface area contributed by atoms with Gasteiger partial charge >= 0.3 is 0 Å². The summed E-state index contributed by atoms with van der Waals surface area (Å²) >= 11 is 1.61. The molecule has 0 aliphatic heterocycles. The molecular formula is C27H38N2O2S. The van der Waals surface area contributed by atoms with Gasteiger partial charge in [-0.2, -0.15) is 0 Å². The Morgan fingerprint density at radius 2 is 1.66 bits per heavy atom. The zero-order valence-corrected chi connectivity index (χ0v) is 21.2. The molecular weight excluding hydrogens is 416 g/mol. The lowest BCUT2D eigenvalue weighted by Gasteiger charge is -2.32. The standard InChI is InChI=1S/C27H38N2O2S/c1-7-22(6)28-27(31)25(8-2)29(16-24-12-10-9-11-21(24)5)26(30)18-32-17-23-14-19(3)13-20(4)15-23/h9-15,22,25H,7-8,16-18H2,1-6H3,(H,28,31)/t22-,25+/m1/s1. The Bertz CT molecular complexity index is 892. The molecule has 2 rings (SSSR count). The Morgan fingerprint density at radius 3 is 2.25 bits per heavy atom. The molecule has 174 valence electrons. The third kappa shape index (κ3) is 7.70. The molecule has 32 heavy (non-hydrogen) atoms. The van der Waals surface area contributed by atoms with Crippen LogP contribution in [-0.2, 0) is 21.9 Å². The summed E-state index contributed by atoms with van der Waals surface area (Å²) in [5.74, 6) is 1.07. The third-order valence-electron chi connectivity index (χ3n) is 5.76. The Kier molecular flexibility index (Phi) is 10.3. The van der Waals surface area contributed by atoms with Gasteiger partial charge in [0.05, 0.1) is 5.75 Å². The van der Waals surface area contributed by atoms with Gasteiger partial charge in [0.2, 0.25) is 11.8 Å². The minimum absolute atomic E-state index is 0.00813. The number of amides is 2. The molecule has 0 radical (unpaired) electrons. The van der Waals surface area contributed by atoms with Gasteiger partial charge in [-0.25, -0.2) is 0 Å². The van der Waals surface area contributed by atoms with Gasteiger partial charge in [-0.15, -0.1) is 11.8 Å². The number of nitrogens with one attached hydrogen (secondary N) is 1. The van der Waals surface area contributed by atoms with E-state index in [0.717, 1.165) is 23.3 Å². The second kappa shape index (κ2) is 12.7. The number of benzene rings is 2. The van der Waals surface area contributed by atoms with E-state index in [1.165, 1.54) is 16.7 Å². The Balaban J connectivity index is 2.17. The van der Waals surface area contributed by atoms with Crippen LogP contribution in [0.2, 0.25) is 0 Å². The Morgan fingerprint density at radius 1 is 1.00 bits per heavy atom. The number of thioether (sulfide) groups is 1. The lowest BCUT2D eigenvalue weighted by Crippen LogP contribution is -2.51. The maximum atomic E-state index is 13.4. The van der Waals surface area contributed by atoms with E-state index in [-0.39, 0.29) is 17.9 Å². The summed E-state index contributed by atoms with van der Waals surface area (Å²) in [6, 6.07) is 14.2. The fourth-order valence-corrected chi connectivity index (χ4v) is 4.67. The highest BCUT2D eigenvalue weighted by Crippen LogP contribution is 2.20. The summed E-state index contributed by atoms with van der Waals surface area (Å²) in [4.78, 5) is 28.2. The van der Waals surface area contributed by atoms with E-state index < -0.39 is 6.04 Å². The van der Waals surface area contributed by atoms with Crippen molar-refractivity contribution < 1.29 is 9.59 Å². The van der Waals surface area contributed by atoms with Crippen LogP contribution >= 0.6 is 11.8 Å². The van der Waals surface area contributed by atoms with Crippen LogP contribution in [0.3, 0.4) is 0 Å². The van der Waals surface area contributed by atoms with Crippen molar-refractivity contribution in [1.82, 2.24) is 10.2 Å². The molecule has 0 aliphatic carbocycles. The van der Waals surface area contributed by atoms with Gasteiger partial charge in [0.15, 0.2) is 0 Å². The molecule has 2 aromatic carbocycles. The topological polar surface area (TPSA) is 49.4 Å². The molecule has 1 N–H and O–H groups in total. The summed E-state index contributed by atoms with van der Waals surface area (Å²) in [6.07, 6.45) is 1.45. The first-order valence-electron chi connectivity index (χ1n) is 11.5. The van der Waals surface area contributed by atoms with Crippen molar-refractivity contribution in [2.75, 3.05) is 5.75 Å². The van der Waals surface area contributed by atoms with Crippen molar-refractivity contribution >= 4 is 23.6 Å². The number of aryl methyl sites for hydroxylation is 3. The first kappa shape index (κ1) is 26.0. The van der Waals surface area contributed by atoms with Gasteiger partial charge in [0, 0.05) is 18.3 Å². The first-order chi connectivity index (χ1) is 15.2. The molecule has 0 heterocycles. The van der Waals surface area contributed by atoms with Gasteiger partial charge in [0.1, 0.15) is 6.04 Å². The second-order valence-electron chi connectivity index (χ2n) is 8.68. The molecule has 4 nitrogen and oxygen atoms in total. The number of nitrogens with zero attached hydrogens (tertiary/aromatic N) is 1. The first-order valence-corrected chi connectivity index (χ1v) is 12.7. The average molecular weight is 455 g/mol. The summed E-state index contributed by atoms with van der Waals surface area (Å²) in [5.41, 5.74) is 5.91. The Hall–Kier alpha value is -2.27. The van der Waals surface area contributed by atoms with Crippen molar-refractivity contribution in [3.05, 3.63) is 70.3 Å². The predicted molar refractivity (Wildman–Crippen MR) is 136 cm³/mol. The number of carbonyl (C=O) groups excluding carboxylic acids is 2. The fraction of sp³-hybridized carbons (Fsp3) is 0.481. The fourth-order valence-electron chi connectivity index (χ4n) is 3.82. The van der Waals surface area contributed by atoms with Crippen molar-refractivity contribution in [3.8, 4) is 0 Å². The monoisotopic (exact) mass is 454 g/mol. The lowest BCUT2D eigenvalue weighted by molar-refractivity contribution is -0.139. The molecule has 5 heteroatoms. The van der Waals surface area contributed by atoms with Crippen molar-refractivity contribution in [1.29, 1.82) is 0 Å². The smallest absolute Gasteiger partial charge is 0.243 e. The average Bonchev–Trinajstić information content (AvgIpc) is 2.74. The van der Waals surface area contributed by atoms with Crippen molar-refractivity contribution in [2.24, 2.45) is 0 Å². The number of rotatable bonds is 11. The molecule has 0 unspecified atom stereocenters. The summed E-state index contributed by atoms with van der Waals surface area (Å²) in [7, 11) is 0. The van der Waals surface area contributed by atoms with E-state index in [2.05, 4.69) is 37.4 Å². The van der Waals surface area contributed by atoms with Gasteiger partial charge in [-0.3, -0.25) is 9.59 Å². The van der Waals surface area contributed by atoms with Gasteiger partial charge in [-0.05, 0) is 57.2 Å². The molecule has 0 spiro atoms. The number of carbonyl (C=O) groups is 2. The lowest BCUT2D eigenvalue weighted by atomic mass is 10.1. The maximum absolute atomic E-state index is 13.4. The van der Waals surface area contributed by atoms with Crippen molar-refractivity contribution in [2.45, 2.75) is 78.8 Å². The van der Waals surface area contributed by atoms with E-state index in [1.807, 2.05) is 52.0 Å². The van der Waals surface area contributed by atoms with Gasteiger partial charge < -0.3 is 10.2 Å². The van der Waals surface area contributed by atoms with Crippen LogP contribution in [0.4, 0.5) is 0 Å². The third-order valence-corrected chi connectivity index (χ3v) is 6.75. The normalized spacial score (nSPS) is 12.8. The van der Waals surface area contributed by atoms with E-state index in [1.54, 1.807) is 16.7 Å². The number of hydrogen-bond acceptors (Lipinski definition) is 3. The zero-order valence-electron chi connectivity index (χ0n) is 20.4. The highest BCUT2D eigenvalue weighted by Gasteiger charge is 2.29. The molecule has 0 saturated heterocycles. The van der Waals surface area contributed by atoms with Crippen molar-refractivity contribution in [3.63, 3.8) is 0 Å². The molecule has 0 aromatic heterocycles. The van der Waals surface area contributed by atoms with Crippen LogP contribution in [0.5, 0.6) is 0 Å². The Labute approximate surface area is 198 Å². The maximum Gasteiger partial charge on any atom is 0.243 e. The van der Waals surface area contributed by atoms with Gasteiger partial charge in [0.25, 0.3) is 0 Å². The molecule has 0 saturated carbocycles. The molecule has 0 fully saturated rings. The SMILES string of the molecule is CC[C@@H](C)NC(=O)[C@H](CC)N(Cc1ccccc1C)C(=O)CSCc1cc(C)cc(C)c1. The van der Waals surface area contributed by atoms with E-state index in [4.69, 9.17) is 0 Å². The van der Waals surface area contributed by atoms with Crippen LogP contribution in [0.25, 0.3) is 0 Å². The minimum Gasteiger partial charge on any atom is -0.352 e. The van der Waals surface area contributed by atoms with Crippen LogP contribution < -0.4 is 5.32 Å². The molecule has 0 bridgehead atoms.